The van der Waals surface area contributed by atoms with E-state index in [1.165, 1.54) is 25.7 Å². The van der Waals surface area contributed by atoms with Crippen LogP contribution in [0.25, 0.3) is 0 Å². The minimum Gasteiger partial charge on any atom is -0.367 e. The summed E-state index contributed by atoms with van der Waals surface area (Å²) in [6, 6.07) is 2.29. The minimum absolute atomic E-state index is 0.466. The maximum atomic E-state index is 6.04. The molecule has 4 heteroatoms. The highest BCUT2D eigenvalue weighted by atomic mass is 35.5. The molecule has 1 saturated carbocycles. The lowest BCUT2D eigenvalue weighted by molar-refractivity contribution is 0.481. The van der Waals surface area contributed by atoms with E-state index >= 15 is 0 Å². The zero-order chi connectivity index (χ0) is 13.0. The zero-order valence-electron chi connectivity index (χ0n) is 11.2. The molecule has 0 radical (unpaired) electrons. The van der Waals surface area contributed by atoms with E-state index in [4.69, 9.17) is 11.6 Å². The molecule has 18 heavy (non-hydrogen) atoms. The topological polar surface area (TPSA) is 37.8 Å². The predicted octanol–water partition coefficient (Wildman–Crippen LogP) is 4.07. The van der Waals surface area contributed by atoms with Crippen molar-refractivity contribution in [2.45, 2.75) is 58.4 Å². The van der Waals surface area contributed by atoms with Gasteiger partial charge in [-0.25, -0.2) is 9.97 Å². The van der Waals surface area contributed by atoms with Gasteiger partial charge in [0.05, 0.1) is 0 Å². The van der Waals surface area contributed by atoms with Crippen LogP contribution in [0.1, 0.15) is 51.8 Å². The number of rotatable bonds is 5. The van der Waals surface area contributed by atoms with Crippen LogP contribution >= 0.6 is 11.6 Å². The fourth-order valence-corrected chi connectivity index (χ4v) is 2.88. The lowest BCUT2D eigenvalue weighted by atomic mass is 10.00. The van der Waals surface area contributed by atoms with Gasteiger partial charge in [-0.15, -0.1) is 0 Å². The van der Waals surface area contributed by atoms with Crippen LogP contribution < -0.4 is 5.32 Å². The molecular weight excluding hydrogens is 246 g/mol. The van der Waals surface area contributed by atoms with Crippen molar-refractivity contribution in [1.82, 2.24) is 9.97 Å². The Kier molecular flexibility index (Phi) is 4.81. The van der Waals surface area contributed by atoms with E-state index in [1.807, 2.05) is 6.07 Å². The minimum atomic E-state index is 0.466. The Balaban J connectivity index is 2.03. The summed E-state index contributed by atoms with van der Waals surface area (Å²) >= 11 is 6.04. The van der Waals surface area contributed by atoms with Crippen molar-refractivity contribution in [1.29, 1.82) is 0 Å². The van der Waals surface area contributed by atoms with Gasteiger partial charge in [0.1, 0.15) is 16.8 Å². The second kappa shape index (κ2) is 6.37. The number of nitrogens with one attached hydrogen (secondary N) is 1. The van der Waals surface area contributed by atoms with E-state index in [9.17, 15) is 0 Å². The quantitative estimate of drug-likeness (QED) is 0.817. The molecule has 1 fully saturated rings. The van der Waals surface area contributed by atoms with Gasteiger partial charge in [-0.05, 0) is 32.1 Å². The molecule has 0 aliphatic heterocycles. The van der Waals surface area contributed by atoms with Gasteiger partial charge in [0, 0.05) is 18.5 Å². The number of halogens is 1. The average molecular weight is 268 g/mol. The molecule has 1 atom stereocenters. The molecule has 3 nitrogen and oxygen atoms in total. The van der Waals surface area contributed by atoms with Gasteiger partial charge in [0.15, 0.2) is 0 Å². The van der Waals surface area contributed by atoms with Gasteiger partial charge in [0.25, 0.3) is 0 Å². The maximum absolute atomic E-state index is 6.04. The van der Waals surface area contributed by atoms with Crippen LogP contribution in [0.3, 0.4) is 0 Å². The largest absolute Gasteiger partial charge is 0.367 e. The highest BCUT2D eigenvalue weighted by molar-refractivity contribution is 6.29. The molecule has 0 aromatic carbocycles. The number of nitrogens with zero attached hydrogens (tertiary/aromatic N) is 2. The van der Waals surface area contributed by atoms with Crippen molar-refractivity contribution in [2.75, 3.05) is 5.32 Å². The standard InChI is InChI=1S/C14H22ClN3/c1-3-6-13-17-12(15)9-14(18-13)16-10(2)11-7-4-5-8-11/h9-11H,3-8H2,1-2H3,(H,16,17,18). The summed E-state index contributed by atoms with van der Waals surface area (Å²) in [7, 11) is 0. The van der Waals surface area contributed by atoms with Crippen LogP contribution in [0.5, 0.6) is 0 Å². The highest BCUT2D eigenvalue weighted by Crippen LogP contribution is 2.29. The van der Waals surface area contributed by atoms with E-state index in [0.717, 1.165) is 30.4 Å². The number of hydrogen-bond acceptors (Lipinski definition) is 3. The van der Waals surface area contributed by atoms with Gasteiger partial charge >= 0.3 is 0 Å². The zero-order valence-corrected chi connectivity index (χ0v) is 12.0. The molecule has 1 heterocycles. The van der Waals surface area contributed by atoms with Crippen LogP contribution in [0, 0.1) is 5.92 Å². The molecule has 1 N–H and O–H groups in total. The first kappa shape index (κ1) is 13.6. The van der Waals surface area contributed by atoms with Crippen LogP contribution in [-0.2, 0) is 6.42 Å². The molecule has 1 aliphatic carbocycles. The Morgan fingerprint density at radius 2 is 2.11 bits per heavy atom. The lowest BCUT2D eigenvalue weighted by Gasteiger charge is -2.21. The SMILES string of the molecule is CCCc1nc(Cl)cc(NC(C)C2CCCC2)n1. The Hall–Kier alpha value is -0.830. The fraction of sp³-hybridized carbons (Fsp3) is 0.714. The third-order valence-corrected chi connectivity index (χ3v) is 3.89. The lowest BCUT2D eigenvalue weighted by Crippen LogP contribution is -2.24. The average Bonchev–Trinajstić information content (AvgIpc) is 2.81. The third kappa shape index (κ3) is 3.58. The molecule has 1 aliphatic rings. The van der Waals surface area contributed by atoms with Crippen molar-refractivity contribution in [3.05, 3.63) is 17.0 Å². The Labute approximate surface area is 114 Å². The molecule has 0 spiro atoms. The van der Waals surface area contributed by atoms with Crippen molar-refractivity contribution < 1.29 is 0 Å². The Morgan fingerprint density at radius 3 is 2.78 bits per heavy atom. The molecule has 1 unspecified atom stereocenters. The van der Waals surface area contributed by atoms with E-state index in [0.29, 0.717) is 11.2 Å². The Bertz CT molecular complexity index is 389. The van der Waals surface area contributed by atoms with Crippen LogP contribution in [0.4, 0.5) is 5.82 Å². The summed E-state index contributed by atoms with van der Waals surface area (Å²) in [4.78, 5) is 8.77. The summed E-state index contributed by atoms with van der Waals surface area (Å²) in [5.74, 6) is 2.48. The normalized spacial score (nSPS) is 17.9. The van der Waals surface area contributed by atoms with Crippen molar-refractivity contribution >= 4 is 17.4 Å². The third-order valence-electron chi connectivity index (χ3n) is 3.70. The van der Waals surface area contributed by atoms with Gasteiger partial charge < -0.3 is 5.32 Å². The van der Waals surface area contributed by atoms with Crippen LogP contribution in [-0.4, -0.2) is 16.0 Å². The van der Waals surface area contributed by atoms with Gasteiger partial charge in [-0.3, -0.25) is 0 Å². The number of aromatic nitrogens is 2. The van der Waals surface area contributed by atoms with Crippen LogP contribution in [0.15, 0.2) is 6.07 Å². The Morgan fingerprint density at radius 1 is 1.39 bits per heavy atom. The van der Waals surface area contributed by atoms with E-state index in [1.54, 1.807) is 0 Å². The second-order valence-corrected chi connectivity index (χ2v) is 5.61. The smallest absolute Gasteiger partial charge is 0.134 e. The second-order valence-electron chi connectivity index (χ2n) is 5.22. The van der Waals surface area contributed by atoms with Gasteiger partial charge in [-0.1, -0.05) is 31.4 Å². The monoisotopic (exact) mass is 267 g/mol. The highest BCUT2D eigenvalue weighted by Gasteiger charge is 2.21. The molecule has 1 aromatic rings. The molecule has 100 valence electrons. The van der Waals surface area contributed by atoms with Crippen molar-refractivity contribution in [3.63, 3.8) is 0 Å². The molecule has 0 saturated heterocycles. The van der Waals surface area contributed by atoms with Crippen molar-refractivity contribution in [3.8, 4) is 0 Å². The van der Waals surface area contributed by atoms with E-state index in [-0.39, 0.29) is 0 Å². The molecule has 0 amide bonds. The molecular formula is C14H22ClN3. The first-order valence-corrected chi connectivity index (χ1v) is 7.37. The summed E-state index contributed by atoms with van der Waals surface area (Å²) in [5.41, 5.74) is 0. The van der Waals surface area contributed by atoms with Crippen molar-refractivity contribution in [2.24, 2.45) is 5.92 Å². The first-order chi connectivity index (χ1) is 8.69. The van der Waals surface area contributed by atoms with Gasteiger partial charge in [0.2, 0.25) is 0 Å². The van der Waals surface area contributed by atoms with E-state index in [2.05, 4.69) is 29.1 Å². The molecule has 0 bridgehead atoms. The maximum Gasteiger partial charge on any atom is 0.134 e. The molecule has 2 rings (SSSR count). The fourth-order valence-electron chi connectivity index (χ4n) is 2.68. The number of hydrogen-bond donors (Lipinski definition) is 1. The number of anilines is 1. The summed E-state index contributed by atoms with van der Waals surface area (Å²) < 4.78 is 0. The summed E-state index contributed by atoms with van der Waals surface area (Å²) in [6.07, 6.45) is 7.30. The predicted molar refractivity (Wildman–Crippen MR) is 76.1 cm³/mol. The summed E-state index contributed by atoms with van der Waals surface area (Å²) in [6.45, 7) is 4.37. The number of aryl methyl sites for hydroxylation is 1. The first-order valence-electron chi connectivity index (χ1n) is 6.99. The van der Waals surface area contributed by atoms with Gasteiger partial charge in [-0.2, -0.15) is 0 Å². The molecule has 1 aromatic heterocycles. The summed E-state index contributed by atoms with van der Waals surface area (Å²) in [5, 5.41) is 4.02. The van der Waals surface area contributed by atoms with Crippen LogP contribution in [0.2, 0.25) is 5.15 Å². The van der Waals surface area contributed by atoms with E-state index < -0.39 is 0 Å².